The summed E-state index contributed by atoms with van der Waals surface area (Å²) in [6, 6.07) is 14.8. The average Bonchev–Trinajstić information content (AvgIpc) is 4.06. The number of ether oxygens (including phenoxy) is 4. The second-order valence-corrected chi connectivity index (χ2v) is 19.9. The Bertz CT molecular complexity index is 2430. The minimum atomic E-state index is -0.702. The minimum Gasteiger partial charge on any atom is -0.453 e. The lowest BCUT2D eigenvalue weighted by Gasteiger charge is -2.38. The Morgan fingerprint density at radius 2 is 1.13 bits per heavy atom. The Morgan fingerprint density at radius 3 is 1.61 bits per heavy atom. The van der Waals surface area contributed by atoms with Crippen LogP contribution >= 0.6 is 0 Å². The molecule has 2 saturated carbocycles. The van der Waals surface area contributed by atoms with Crippen LogP contribution in [-0.4, -0.2) is 117 Å². The molecule has 6 fully saturated rings. The van der Waals surface area contributed by atoms with Gasteiger partial charge >= 0.3 is 12.2 Å². The number of imidazole rings is 2. The summed E-state index contributed by atoms with van der Waals surface area (Å²) in [5, 5.41) is 5.82. The van der Waals surface area contributed by atoms with E-state index in [0.29, 0.717) is 32.0 Å². The smallest absolute Gasteiger partial charge is 0.407 e. The Morgan fingerprint density at radius 1 is 0.657 bits per heavy atom. The van der Waals surface area contributed by atoms with Crippen LogP contribution < -0.4 is 10.6 Å². The van der Waals surface area contributed by atoms with Crippen LogP contribution in [0.25, 0.3) is 33.6 Å². The van der Waals surface area contributed by atoms with Gasteiger partial charge in [-0.25, -0.2) is 19.6 Å². The quantitative estimate of drug-likeness (QED) is 0.109. The van der Waals surface area contributed by atoms with E-state index in [2.05, 4.69) is 83.0 Å². The topological polar surface area (TPSA) is 193 Å². The van der Waals surface area contributed by atoms with Crippen LogP contribution in [0.5, 0.6) is 0 Å². The van der Waals surface area contributed by atoms with Gasteiger partial charge < -0.3 is 49.3 Å². The van der Waals surface area contributed by atoms with Crippen LogP contribution in [0.1, 0.15) is 115 Å². The van der Waals surface area contributed by atoms with Crippen molar-refractivity contribution in [2.45, 2.75) is 139 Å². The van der Waals surface area contributed by atoms with E-state index in [1.54, 1.807) is 0 Å². The summed E-state index contributed by atoms with van der Waals surface area (Å²) >= 11 is 0. The number of benzene rings is 2. The van der Waals surface area contributed by atoms with Gasteiger partial charge in [0.15, 0.2) is 0 Å². The number of hydrogen-bond acceptors (Lipinski definition) is 10. The normalized spacial score (nSPS) is 27.6. The second kappa shape index (κ2) is 18.7. The number of H-pyrrole nitrogens is 2. The number of methoxy groups -OCH3 is 2. The summed E-state index contributed by atoms with van der Waals surface area (Å²) < 4.78 is 22.1. The van der Waals surface area contributed by atoms with Gasteiger partial charge in [-0.3, -0.25) is 9.59 Å². The van der Waals surface area contributed by atoms with Crippen molar-refractivity contribution < 1.29 is 38.1 Å². The first kappa shape index (κ1) is 45.1. The maximum absolute atomic E-state index is 14.5. The maximum Gasteiger partial charge on any atom is 0.407 e. The first-order chi connectivity index (χ1) is 32.5. The van der Waals surface area contributed by atoms with E-state index in [4.69, 9.17) is 28.9 Å². The van der Waals surface area contributed by atoms with E-state index < -0.39 is 24.3 Å². The number of rotatable bonds is 12. The molecule has 2 aromatic carbocycles. The van der Waals surface area contributed by atoms with Gasteiger partial charge in [0.1, 0.15) is 23.7 Å². The number of aromatic nitrogens is 4. The molecule has 4 amide bonds. The van der Waals surface area contributed by atoms with Gasteiger partial charge in [-0.05, 0) is 131 Å². The Hall–Kier alpha value is -5.74. The standard InChI is InChI=1S/C51H64N8O8/c1-29-5-17-40(58(29)47(60)43(56-49(62)64-3)36-19-23-66-42(25-36)35-15-16-35)45-52-27-38(54-45)33-11-7-31(8-12-33)32-9-13-34(14-10-32)39-28-53-46(55-39)41-18-6-30(2)59(41)48(61)44(57-50(63)65-4)37-20-24-67-51(26-37)21-22-51/h7-14,27-30,35-37,40-44H,5-6,15-26H2,1-4H3,(H,52,54)(H,53,55)(H,56,62)(H,57,63)/t29-,30-,36+,37+,40-,41-,42-,43-,44-/m0/s1. The van der Waals surface area contributed by atoms with Gasteiger partial charge in [0.05, 0.1) is 61.8 Å². The molecule has 6 aliphatic rings. The summed E-state index contributed by atoms with van der Waals surface area (Å²) in [5.74, 6) is 1.75. The number of nitrogens with zero attached hydrogens (tertiary/aromatic N) is 4. The summed E-state index contributed by atoms with van der Waals surface area (Å²) in [4.78, 5) is 74.6. The highest BCUT2D eigenvalue weighted by Crippen LogP contribution is 2.49. The highest BCUT2D eigenvalue weighted by Gasteiger charge is 2.52. The van der Waals surface area contributed by atoms with E-state index in [1.165, 1.54) is 14.2 Å². The molecular weight excluding hydrogens is 853 g/mol. The molecule has 9 atom stereocenters. The SMILES string of the molecule is COC(=O)N[C@H](C(=O)N1[C@@H](C)CC[C@H]1c1ncc(-c2ccc(-c3ccc(-c4cnc([C@@H]5CC[C@H](C)N5C(=O)[C@@H](NC(=O)OC)[C@@H]5CCOC6(CC6)C5)[nH]4)cc3)cc2)[nH]1)[C@@H]1CCO[C@H](C2CC2)C1. The third kappa shape index (κ3) is 9.31. The molecule has 4 aliphatic heterocycles. The lowest BCUT2D eigenvalue weighted by molar-refractivity contribution is -0.140. The number of alkyl carbamates (subject to hydrolysis) is 2. The summed E-state index contributed by atoms with van der Waals surface area (Å²) in [5.41, 5.74) is 5.65. The molecular formula is C51H64N8O8. The number of hydrogen-bond donors (Lipinski definition) is 4. The van der Waals surface area contributed by atoms with Crippen molar-refractivity contribution in [1.82, 2.24) is 40.4 Å². The number of amides is 4. The Labute approximate surface area is 391 Å². The van der Waals surface area contributed by atoms with Crippen molar-refractivity contribution in [1.29, 1.82) is 0 Å². The van der Waals surface area contributed by atoms with Crippen molar-refractivity contribution in [3.8, 4) is 33.6 Å². The van der Waals surface area contributed by atoms with Crippen LogP contribution in [0.3, 0.4) is 0 Å². The van der Waals surface area contributed by atoms with Crippen molar-refractivity contribution in [3.05, 3.63) is 72.6 Å². The largest absolute Gasteiger partial charge is 0.453 e. The highest BCUT2D eigenvalue weighted by atomic mass is 16.5. The number of aromatic amines is 2. The maximum atomic E-state index is 14.5. The molecule has 6 heterocycles. The Kier molecular flexibility index (Phi) is 12.6. The third-order valence-corrected chi connectivity index (χ3v) is 15.6. The fourth-order valence-corrected chi connectivity index (χ4v) is 11.5. The molecule has 4 aromatic rings. The van der Waals surface area contributed by atoms with E-state index in [0.717, 1.165) is 109 Å². The van der Waals surface area contributed by atoms with Crippen molar-refractivity contribution >= 4 is 24.0 Å². The zero-order valence-electron chi connectivity index (χ0n) is 39.0. The van der Waals surface area contributed by atoms with Crippen LogP contribution in [0, 0.1) is 17.8 Å². The molecule has 16 nitrogen and oxygen atoms in total. The fraction of sp³-hybridized carbons (Fsp3) is 0.569. The molecule has 67 heavy (non-hydrogen) atoms. The molecule has 10 rings (SSSR count). The third-order valence-electron chi connectivity index (χ3n) is 15.6. The fourth-order valence-electron chi connectivity index (χ4n) is 11.5. The predicted molar refractivity (Wildman–Crippen MR) is 248 cm³/mol. The monoisotopic (exact) mass is 916 g/mol. The molecule has 2 aromatic heterocycles. The van der Waals surface area contributed by atoms with Gasteiger partial charge in [-0.1, -0.05) is 48.5 Å². The first-order valence-electron chi connectivity index (χ1n) is 24.4. The highest BCUT2D eigenvalue weighted by molar-refractivity contribution is 5.88. The van der Waals surface area contributed by atoms with E-state index in [9.17, 15) is 19.2 Å². The molecule has 16 heteroatoms. The van der Waals surface area contributed by atoms with Gasteiger partial charge in [-0.2, -0.15) is 0 Å². The molecule has 356 valence electrons. The summed E-state index contributed by atoms with van der Waals surface area (Å²) in [6.45, 7) is 5.30. The predicted octanol–water partition coefficient (Wildman–Crippen LogP) is 7.85. The van der Waals surface area contributed by atoms with Gasteiger partial charge in [0.25, 0.3) is 0 Å². The van der Waals surface area contributed by atoms with E-state index in [1.807, 2.05) is 22.2 Å². The van der Waals surface area contributed by atoms with Crippen molar-refractivity contribution in [2.24, 2.45) is 17.8 Å². The zero-order valence-corrected chi connectivity index (χ0v) is 39.0. The molecule has 1 spiro atoms. The Balaban J connectivity index is 0.800. The van der Waals surface area contributed by atoms with Crippen LogP contribution in [0.15, 0.2) is 60.9 Å². The lowest BCUT2D eigenvalue weighted by Crippen LogP contribution is -2.55. The molecule has 4 N–H and O–H groups in total. The van der Waals surface area contributed by atoms with Gasteiger partial charge in [0, 0.05) is 25.3 Å². The number of carbonyl (C=O) groups is 4. The van der Waals surface area contributed by atoms with Crippen LogP contribution in [-0.2, 0) is 28.5 Å². The van der Waals surface area contributed by atoms with Gasteiger partial charge in [-0.15, -0.1) is 0 Å². The minimum absolute atomic E-state index is 0.0147. The molecule has 4 saturated heterocycles. The number of carbonyl (C=O) groups excluding carboxylic acids is 4. The van der Waals surface area contributed by atoms with E-state index >= 15 is 0 Å². The van der Waals surface area contributed by atoms with Gasteiger partial charge in [0.2, 0.25) is 11.8 Å². The van der Waals surface area contributed by atoms with E-state index in [-0.39, 0.29) is 59.5 Å². The molecule has 0 radical (unpaired) electrons. The number of nitrogens with one attached hydrogen (secondary N) is 4. The summed E-state index contributed by atoms with van der Waals surface area (Å²) in [6.07, 6.45) is 13.0. The zero-order chi connectivity index (χ0) is 46.4. The molecule has 0 bridgehead atoms. The van der Waals surface area contributed by atoms with Crippen LogP contribution in [0.2, 0.25) is 0 Å². The molecule has 2 aliphatic carbocycles. The lowest BCUT2D eigenvalue weighted by atomic mass is 9.86. The first-order valence-corrected chi connectivity index (χ1v) is 24.4. The average molecular weight is 917 g/mol. The second-order valence-electron chi connectivity index (χ2n) is 19.9. The summed E-state index contributed by atoms with van der Waals surface area (Å²) in [7, 11) is 2.66. The van der Waals surface area contributed by atoms with Crippen LogP contribution in [0.4, 0.5) is 9.59 Å². The number of likely N-dealkylation sites (tertiary alicyclic amines) is 2. The van der Waals surface area contributed by atoms with Crippen molar-refractivity contribution in [2.75, 3.05) is 27.4 Å². The molecule has 0 unspecified atom stereocenters. The van der Waals surface area contributed by atoms with Crippen molar-refractivity contribution in [3.63, 3.8) is 0 Å².